The van der Waals surface area contributed by atoms with Gasteiger partial charge in [-0.25, -0.2) is 0 Å². The topological polar surface area (TPSA) is 37.3 Å². The SMILES string of the molecule is CCC(C/C=C/CCc1ccccc1)C(=O)O. The lowest BCUT2D eigenvalue weighted by Crippen LogP contribution is -2.11. The lowest BCUT2D eigenvalue weighted by Gasteiger charge is -2.04. The highest BCUT2D eigenvalue weighted by Crippen LogP contribution is 2.10. The van der Waals surface area contributed by atoms with E-state index in [9.17, 15) is 4.79 Å². The Labute approximate surface area is 103 Å². The molecule has 0 saturated heterocycles. The maximum absolute atomic E-state index is 10.8. The molecule has 0 aliphatic heterocycles. The Kier molecular flexibility index (Phi) is 6.08. The Morgan fingerprint density at radius 2 is 2.00 bits per heavy atom. The second-order valence-corrected chi connectivity index (χ2v) is 4.17. The van der Waals surface area contributed by atoms with E-state index in [1.807, 2.05) is 31.2 Å². The minimum Gasteiger partial charge on any atom is -0.481 e. The number of aliphatic carboxylic acids is 1. The van der Waals surface area contributed by atoms with Crippen LogP contribution in [0.2, 0.25) is 0 Å². The minimum atomic E-state index is -0.694. The summed E-state index contributed by atoms with van der Waals surface area (Å²) in [4.78, 5) is 10.8. The second kappa shape index (κ2) is 7.66. The highest BCUT2D eigenvalue weighted by Gasteiger charge is 2.11. The van der Waals surface area contributed by atoms with Crippen molar-refractivity contribution in [2.75, 3.05) is 0 Å². The zero-order chi connectivity index (χ0) is 12.5. The van der Waals surface area contributed by atoms with Crippen LogP contribution >= 0.6 is 0 Å². The van der Waals surface area contributed by atoms with Crippen LogP contribution in [0.5, 0.6) is 0 Å². The van der Waals surface area contributed by atoms with Crippen molar-refractivity contribution < 1.29 is 9.90 Å². The predicted octanol–water partition coefficient (Wildman–Crippen LogP) is 3.68. The van der Waals surface area contributed by atoms with Gasteiger partial charge in [0.2, 0.25) is 0 Å². The minimum absolute atomic E-state index is 0.233. The van der Waals surface area contributed by atoms with E-state index in [-0.39, 0.29) is 5.92 Å². The van der Waals surface area contributed by atoms with Gasteiger partial charge in [-0.3, -0.25) is 4.79 Å². The third-order valence-electron chi connectivity index (χ3n) is 2.87. The highest BCUT2D eigenvalue weighted by atomic mass is 16.4. The van der Waals surface area contributed by atoms with E-state index >= 15 is 0 Å². The Morgan fingerprint density at radius 1 is 1.29 bits per heavy atom. The molecule has 0 spiro atoms. The quantitative estimate of drug-likeness (QED) is 0.728. The van der Waals surface area contributed by atoms with Gasteiger partial charge in [-0.15, -0.1) is 0 Å². The Hall–Kier alpha value is -1.57. The van der Waals surface area contributed by atoms with E-state index in [0.717, 1.165) is 12.8 Å². The standard InChI is InChI=1S/C15H20O2/c1-2-14(15(16)17)12-8-4-7-11-13-9-5-3-6-10-13/h3-6,8-10,14H,2,7,11-12H2,1H3,(H,16,17)/b8-4+. The Bertz CT molecular complexity index is 354. The molecule has 0 aliphatic rings. The molecule has 1 aromatic rings. The van der Waals surface area contributed by atoms with E-state index < -0.39 is 5.97 Å². The van der Waals surface area contributed by atoms with E-state index in [2.05, 4.69) is 18.2 Å². The first-order valence-corrected chi connectivity index (χ1v) is 6.15. The van der Waals surface area contributed by atoms with Gasteiger partial charge in [-0.05, 0) is 31.2 Å². The van der Waals surface area contributed by atoms with Crippen molar-refractivity contribution in [3.05, 3.63) is 48.0 Å². The molecule has 1 unspecified atom stereocenters. The summed E-state index contributed by atoms with van der Waals surface area (Å²) in [5.41, 5.74) is 1.32. The van der Waals surface area contributed by atoms with Gasteiger partial charge >= 0.3 is 5.97 Å². The average molecular weight is 232 g/mol. The molecule has 2 heteroatoms. The van der Waals surface area contributed by atoms with Crippen LogP contribution in [0.4, 0.5) is 0 Å². The molecule has 0 radical (unpaired) electrons. The first kappa shape index (κ1) is 13.5. The molecular formula is C15H20O2. The van der Waals surface area contributed by atoms with Crippen molar-refractivity contribution in [2.24, 2.45) is 5.92 Å². The zero-order valence-electron chi connectivity index (χ0n) is 10.3. The monoisotopic (exact) mass is 232 g/mol. The summed E-state index contributed by atoms with van der Waals surface area (Å²) < 4.78 is 0. The number of hydrogen-bond donors (Lipinski definition) is 1. The summed E-state index contributed by atoms with van der Waals surface area (Å²) >= 11 is 0. The molecule has 17 heavy (non-hydrogen) atoms. The van der Waals surface area contributed by atoms with Crippen LogP contribution in [0.3, 0.4) is 0 Å². The van der Waals surface area contributed by atoms with Crippen molar-refractivity contribution >= 4 is 5.97 Å². The van der Waals surface area contributed by atoms with E-state index in [0.29, 0.717) is 12.8 Å². The largest absolute Gasteiger partial charge is 0.481 e. The molecule has 1 atom stereocenters. The smallest absolute Gasteiger partial charge is 0.306 e. The normalized spacial score (nSPS) is 12.8. The van der Waals surface area contributed by atoms with Crippen LogP contribution in [0.1, 0.15) is 31.7 Å². The average Bonchev–Trinajstić information content (AvgIpc) is 2.34. The summed E-state index contributed by atoms with van der Waals surface area (Å²) in [6, 6.07) is 10.3. The molecule has 2 nitrogen and oxygen atoms in total. The molecule has 1 aromatic carbocycles. The lowest BCUT2D eigenvalue weighted by molar-refractivity contribution is -0.141. The fourth-order valence-corrected chi connectivity index (χ4v) is 1.72. The molecule has 0 aromatic heterocycles. The fraction of sp³-hybridized carbons (Fsp3) is 0.400. The van der Waals surface area contributed by atoms with Crippen molar-refractivity contribution in [1.29, 1.82) is 0 Å². The summed E-state index contributed by atoms with van der Waals surface area (Å²) in [5, 5.41) is 8.87. The molecule has 0 aliphatic carbocycles. The number of allylic oxidation sites excluding steroid dienone is 2. The van der Waals surface area contributed by atoms with Crippen LogP contribution in [-0.2, 0) is 11.2 Å². The molecule has 0 fully saturated rings. The van der Waals surface area contributed by atoms with Crippen LogP contribution in [0.25, 0.3) is 0 Å². The fourth-order valence-electron chi connectivity index (χ4n) is 1.72. The van der Waals surface area contributed by atoms with Crippen molar-refractivity contribution in [3.8, 4) is 0 Å². The van der Waals surface area contributed by atoms with Crippen LogP contribution in [0.15, 0.2) is 42.5 Å². The predicted molar refractivity (Wildman–Crippen MR) is 69.9 cm³/mol. The maximum Gasteiger partial charge on any atom is 0.306 e. The van der Waals surface area contributed by atoms with Gasteiger partial charge in [0.15, 0.2) is 0 Å². The summed E-state index contributed by atoms with van der Waals surface area (Å²) in [6.07, 6.45) is 7.39. The molecule has 1 rings (SSSR count). The zero-order valence-corrected chi connectivity index (χ0v) is 10.3. The molecule has 0 amide bonds. The summed E-state index contributed by atoms with van der Waals surface area (Å²) in [7, 11) is 0. The van der Waals surface area contributed by atoms with E-state index in [4.69, 9.17) is 5.11 Å². The molecule has 0 heterocycles. The summed E-state index contributed by atoms with van der Waals surface area (Å²) in [6.45, 7) is 1.91. The number of carboxylic acids is 1. The number of carbonyl (C=O) groups is 1. The molecule has 92 valence electrons. The number of rotatable bonds is 7. The number of aryl methyl sites for hydroxylation is 1. The summed E-state index contributed by atoms with van der Waals surface area (Å²) in [5.74, 6) is -0.928. The van der Waals surface area contributed by atoms with Gasteiger partial charge in [0.1, 0.15) is 0 Å². The third kappa shape index (κ3) is 5.34. The van der Waals surface area contributed by atoms with Crippen molar-refractivity contribution in [2.45, 2.75) is 32.6 Å². The van der Waals surface area contributed by atoms with Crippen molar-refractivity contribution in [1.82, 2.24) is 0 Å². The Morgan fingerprint density at radius 3 is 2.59 bits per heavy atom. The van der Waals surface area contributed by atoms with Crippen molar-refractivity contribution in [3.63, 3.8) is 0 Å². The molecule has 1 N–H and O–H groups in total. The number of benzene rings is 1. The third-order valence-corrected chi connectivity index (χ3v) is 2.87. The molecule has 0 saturated carbocycles. The van der Waals surface area contributed by atoms with Gasteiger partial charge in [-0.1, -0.05) is 49.4 Å². The van der Waals surface area contributed by atoms with Crippen LogP contribution in [0, 0.1) is 5.92 Å². The van der Waals surface area contributed by atoms with E-state index in [1.54, 1.807) is 0 Å². The van der Waals surface area contributed by atoms with Gasteiger partial charge in [-0.2, -0.15) is 0 Å². The van der Waals surface area contributed by atoms with Gasteiger partial charge < -0.3 is 5.11 Å². The van der Waals surface area contributed by atoms with Gasteiger partial charge in [0, 0.05) is 0 Å². The second-order valence-electron chi connectivity index (χ2n) is 4.17. The first-order valence-electron chi connectivity index (χ1n) is 6.15. The number of carboxylic acid groups (broad SMARTS) is 1. The Balaban J connectivity index is 2.25. The van der Waals surface area contributed by atoms with E-state index in [1.165, 1.54) is 5.56 Å². The molecular weight excluding hydrogens is 212 g/mol. The van der Waals surface area contributed by atoms with Gasteiger partial charge in [0.05, 0.1) is 5.92 Å². The highest BCUT2D eigenvalue weighted by molar-refractivity contribution is 5.70. The first-order chi connectivity index (χ1) is 8.24. The maximum atomic E-state index is 10.8. The van der Waals surface area contributed by atoms with Gasteiger partial charge in [0.25, 0.3) is 0 Å². The van der Waals surface area contributed by atoms with Crippen LogP contribution in [-0.4, -0.2) is 11.1 Å². The number of hydrogen-bond acceptors (Lipinski definition) is 1. The molecule has 0 bridgehead atoms. The van der Waals surface area contributed by atoms with Crippen LogP contribution < -0.4 is 0 Å². The lowest BCUT2D eigenvalue weighted by atomic mass is 10.0.